The van der Waals surface area contributed by atoms with E-state index in [-0.39, 0.29) is 13.4 Å². The molecule has 0 spiro atoms. The number of nitrogens with two attached hydrogens (primary N) is 1. The lowest BCUT2D eigenvalue weighted by atomic mass is 9.82. The second-order valence-electron chi connectivity index (χ2n) is 4.15. The first-order chi connectivity index (χ1) is 6.61. The van der Waals surface area contributed by atoms with E-state index in [0.29, 0.717) is 6.42 Å². The predicted octanol–water partition coefficient (Wildman–Crippen LogP) is 0.111. The number of carboxylic acid groups (broad SMARTS) is 1. The molecule has 1 fully saturated rings. The molecule has 1 rings (SSSR count). The van der Waals surface area contributed by atoms with Gasteiger partial charge in [-0.25, -0.2) is 0 Å². The quantitative estimate of drug-likeness (QED) is 0.433. The van der Waals surface area contributed by atoms with E-state index in [2.05, 4.69) is 0 Å². The molecule has 0 aromatic heterocycles. The largest absolute Gasteiger partial charge is 0.480 e. The number of hydrogen-bond donors (Lipinski definition) is 3. The second-order valence-corrected chi connectivity index (χ2v) is 4.15. The Balaban J connectivity index is 2.46. The molecule has 0 aliphatic heterocycles. The normalized spacial score (nSPS) is 31.7. The number of hydrogen-bond acceptors (Lipinski definition) is 3. The van der Waals surface area contributed by atoms with Gasteiger partial charge in [0.05, 0.1) is 0 Å². The van der Waals surface area contributed by atoms with Crippen LogP contribution in [0.2, 0.25) is 6.32 Å². The molecule has 0 heterocycles. The van der Waals surface area contributed by atoms with Gasteiger partial charge < -0.3 is 15.9 Å². The third-order valence-corrected chi connectivity index (χ3v) is 3.23. The predicted molar refractivity (Wildman–Crippen MR) is 55.3 cm³/mol. The Morgan fingerprint density at radius 2 is 2.36 bits per heavy atom. The van der Waals surface area contributed by atoms with E-state index in [1.807, 2.05) is 0 Å². The van der Waals surface area contributed by atoms with Crippen molar-refractivity contribution in [3.8, 4) is 0 Å². The Bertz CT molecular complexity index is 212. The summed E-state index contributed by atoms with van der Waals surface area (Å²) in [5.41, 5.74) is 4.86. The summed E-state index contributed by atoms with van der Waals surface area (Å²) in [4.78, 5) is 11.0. The minimum atomic E-state index is -1.00. The van der Waals surface area contributed by atoms with E-state index in [0.717, 1.165) is 32.0 Å². The van der Waals surface area contributed by atoms with Crippen molar-refractivity contribution in [3.05, 3.63) is 0 Å². The van der Waals surface area contributed by atoms with Gasteiger partial charge in [0.15, 0.2) is 0 Å². The van der Waals surface area contributed by atoms with Crippen LogP contribution >= 0.6 is 0 Å². The molecule has 4 N–H and O–H groups in total. The first-order valence-corrected chi connectivity index (χ1v) is 5.24. The van der Waals surface area contributed by atoms with Gasteiger partial charge in [0, 0.05) is 0 Å². The summed E-state index contributed by atoms with van der Waals surface area (Å²) in [5, 5.41) is 17.7. The second kappa shape index (κ2) is 4.80. The zero-order chi connectivity index (χ0) is 10.6. The molecule has 4 nitrogen and oxygen atoms in total. The lowest BCUT2D eigenvalue weighted by Crippen LogP contribution is -2.50. The lowest BCUT2D eigenvalue weighted by Gasteiger charge is -2.26. The average Bonchev–Trinajstić information content (AvgIpc) is 2.50. The number of rotatable bonds is 5. The van der Waals surface area contributed by atoms with Crippen molar-refractivity contribution in [1.29, 1.82) is 0 Å². The van der Waals surface area contributed by atoms with Crippen molar-refractivity contribution in [2.75, 3.05) is 0 Å². The van der Waals surface area contributed by atoms with Crippen LogP contribution < -0.4 is 5.73 Å². The van der Waals surface area contributed by atoms with Crippen LogP contribution in [0.1, 0.15) is 32.1 Å². The molecule has 2 unspecified atom stereocenters. The van der Waals surface area contributed by atoms with Crippen LogP contribution in [-0.2, 0) is 4.79 Å². The Hall–Kier alpha value is -0.545. The zero-order valence-electron chi connectivity index (χ0n) is 8.41. The van der Waals surface area contributed by atoms with Gasteiger partial charge in [0.1, 0.15) is 5.54 Å². The molecule has 0 bridgehead atoms. The summed E-state index contributed by atoms with van der Waals surface area (Å²) in [6, 6.07) is 0. The van der Waals surface area contributed by atoms with E-state index in [1.54, 1.807) is 0 Å². The highest BCUT2D eigenvalue weighted by Crippen LogP contribution is 2.37. The third kappa shape index (κ3) is 2.28. The molecule has 0 saturated heterocycles. The fourth-order valence-electron chi connectivity index (χ4n) is 2.29. The Morgan fingerprint density at radius 3 is 2.93 bits per heavy atom. The van der Waals surface area contributed by atoms with Crippen LogP contribution in [-0.4, -0.2) is 29.1 Å². The van der Waals surface area contributed by atoms with Crippen LogP contribution in [0, 0.1) is 5.92 Å². The van der Waals surface area contributed by atoms with Crippen LogP contribution in [0.5, 0.6) is 0 Å². The van der Waals surface area contributed by atoms with Crippen LogP contribution in [0.15, 0.2) is 0 Å². The van der Waals surface area contributed by atoms with Gasteiger partial charge in [-0.2, -0.15) is 0 Å². The minimum Gasteiger partial charge on any atom is -0.480 e. The lowest BCUT2D eigenvalue weighted by molar-refractivity contribution is -0.144. The van der Waals surface area contributed by atoms with Crippen LogP contribution in [0.25, 0.3) is 0 Å². The molecular weight excluding hydrogens is 181 g/mol. The van der Waals surface area contributed by atoms with Gasteiger partial charge in [-0.05, 0) is 25.2 Å². The molecule has 0 radical (unpaired) electrons. The molecule has 80 valence electrons. The molecule has 1 aliphatic rings. The van der Waals surface area contributed by atoms with Gasteiger partial charge >= 0.3 is 5.97 Å². The molecule has 0 aromatic carbocycles. The van der Waals surface area contributed by atoms with E-state index >= 15 is 0 Å². The third-order valence-electron chi connectivity index (χ3n) is 3.23. The molecule has 1 saturated carbocycles. The summed E-state index contributed by atoms with van der Waals surface area (Å²) < 4.78 is 0. The van der Waals surface area contributed by atoms with Gasteiger partial charge in [-0.15, -0.1) is 0 Å². The number of carboxylic acids is 1. The number of aliphatic carboxylic acids is 1. The summed E-state index contributed by atoms with van der Waals surface area (Å²) in [6.45, 7) is 0. The SMILES string of the molecule is NC1(C(=O)O)CCCC1CCCBO. The molecule has 0 aromatic rings. The van der Waals surface area contributed by atoms with Crippen molar-refractivity contribution in [1.82, 2.24) is 0 Å². The molecule has 14 heavy (non-hydrogen) atoms. The monoisotopic (exact) mass is 199 g/mol. The van der Waals surface area contributed by atoms with Crippen molar-refractivity contribution in [2.45, 2.75) is 44.0 Å². The van der Waals surface area contributed by atoms with Crippen molar-refractivity contribution < 1.29 is 14.9 Å². The summed E-state index contributed by atoms with van der Waals surface area (Å²) in [5.74, 6) is -0.782. The maximum Gasteiger partial charge on any atom is 0.323 e. The standard InChI is InChI=1S/C9H18BNO3/c11-9(8(12)13)5-1-3-7(9)4-2-6-10-14/h7,10,14H,1-6,11H2,(H,12,13). The topological polar surface area (TPSA) is 83.6 Å². The first-order valence-electron chi connectivity index (χ1n) is 5.24. The Labute approximate surface area is 84.8 Å². The highest BCUT2D eigenvalue weighted by molar-refractivity contribution is 6.25. The summed E-state index contributed by atoms with van der Waals surface area (Å²) in [6.07, 6.45) is 4.84. The van der Waals surface area contributed by atoms with Crippen molar-refractivity contribution >= 4 is 13.5 Å². The maximum atomic E-state index is 11.0. The zero-order valence-corrected chi connectivity index (χ0v) is 8.41. The van der Waals surface area contributed by atoms with E-state index in [4.69, 9.17) is 15.9 Å². The van der Waals surface area contributed by atoms with Gasteiger partial charge in [0.2, 0.25) is 0 Å². The van der Waals surface area contributed by atoms with Crippen molar-refractivity contribution in [2.24, 2.45) is 11.7 Å². The molecule has 2 atom stereocenters. The first kappa shape index (κ1) is 11.5. The summed E-state index contributed by atoms with van der Waals surface area (Å²) in [7, 11) is 0.178. The average molecular weight is 199 g/mol. The minimum absolute atomic E-state index is 0.0894. The van der Waals surface area contributed by atoms with Gasteiger partial charge in [-0.1, -0.05) is 19.2 Å². The Kier molecular flexibility index (Phi) is 3.95. The van der Waals surface area contributed by atoms with Crippen LogP contribution in [0.4, 0.5) is 0 Å². The van der Waals surface area contributed by atoms with Crippen LogP contribution in [0.3, 0.4) is 0 Å². The Morgan fingerprint density at radius 1 is 1.64 bits per heavy atom. The smallest absolute Gasteiger partial charge is 0.323 e. The maximum absolute atomic E-state index is 11.0. The highest BCUT2D eigenvalue weighted by atomic mass is 16.4. The van der Waals surface area contributed by atoms with Gasteiger partial charge in [0.25, 0.3) is 7.48 Å². The molecule has 1 aliphatic carbocycles. The molecule has 0 amide bonds. The molecule has 5 heteroatoms. The molecular formula is C9H18BNO3. The van der Waals surface area contributed by atoms with E-state index in [9.17, 15) is 4.79 Å². The fraction of sp³-hybridized carbons (Fsp3) is 0.889. The fourth-order valence-corrected chi connectivity index (χ4v) is 2.29. The van der Waals surface area contributed by atoms with E-state index < -0.39 is 11.5 Å². The highest BCUT2D eigenvalue weighted by Gasteiger charge is 2.45. The number of carbonyl (C=O) groups is 1. The summed E-state index contributed by atoms with van der Waals surface area (Å²) >= 11 is 0. The van der Waals surface area contributed by atoms with Gasteiger partial charge in [-0.3, -0.25) is 4.79 Å². The van der Waals surface area contributed by atoms with Crippen molar-refractivity contribution in [3.63, 3.8) is 0 Å². The van der Waals surface area contributed by atoms with E-state index in [1.165, 1.54) is 0 Å².